The molecule has 0 bridgehead atoms. The quantitative estimate of drug-likeness (QED) is 0.660. The number of nitriles is 1. The van der Waals surface area contributed by atoms with Gasteiger partial charge in [-0.2, -0.15) is 5.26 Å². The number of rotatable bonds is 5. The van der Waals surface area contributed by atoms with Gasteiger partial charge in [-0.3, -0.25) is 15.0 Å². The molecule has 0 saturated carbocycles. The number of benzene rings is 1. The van der Waals surface area contributed by atoms with Crippen LogP contribution in [0.5, 0.6) is 0 Å². The molecule has 1 aromatic carbocycles. The molecule has 1 aliphatic heterocycles. The first-order chi connectivity index (χ1) is 10.5. The van der Waals surface area contributed by atoms with E-state index in [1.807, 2.05) is 6.07 Å². The van der Waals surface area contributed by atoms with Crippen molar-refractivity contribution < 1.29 is 9.66 Å². The van der Waals surface area contributed by atoms with Gasteiger partial charge in [0.1, 0.15) is 11.6 Å². The minimum atomic E-state index is -0.541. The number of nitrogens with zero attached hydrogens (tertiary/aromatic N) is 3. The van der Waals surface area contributed by atoms with E-state index in [9.17, 15) is 10.1 Å². The highest BCUT2D eigenvalue weighted by atomic mass is 16.6. The average Bonchev–Trinajstić information content (AvgIpc) is 2.52. The molecular formula is C15H20N4O3. The molecule has 7 heteroatoms. The van der Waals surface area contributed by atoms with Gasteiger partial charge in [0.05, 0.1) is 18.1 Å². The third-order valence-corrected chi connectivity index (χ3v) is 3.90. The molecule has 0 amide bonds. The monoisotopic (exact) mass is 304 g/mol. The number of nitro groups is 1. The summed E-state index contributed by atoms with van der Waals surface area (Å²) in [5.41, 5.74) is 0.625. The normalized spacial score (nSPS) is 20.1. The van der Waals surface area contributed by atoms with Crippen molar-refractivity contribution in [3.63, 3.8) is 0 Å². The molecule has 118 valence electrons. The summed E-state index contributed by atoms with van der Waals surface area (Å²) in [5, 5.41) is 23.1. The fourth-order valence-electron chi connectivity index (χ4n) is 2.67. The molecule has 0 aliphatic carbocycles. The van der Waals surface area contributed by atoms with E-state index in [1.165, 1.54) is 12.1 Å². The van der Waals surface area contributed by atoms with E-state index >= 15 is 0 Å². The van der Waals surface area contributed by atoms with Crippen LogP contribution in [0.15, 0.2) is 18.2 Å². The minimum absolute atomic E-state index is 0.0717. The molecule has 0 spiro atoms. The maximum atomic E-state index is 10.8. The van der Waals surface area contributed by atoms with Gasteiger partial charge in [-0.15, -0.1) is 0 Å². The number of anilines is 1. The second-order valence-corrected chi connectivity index (χ2v) is 5.49. The molecule has 1 N–H and O–H groups in total. The number of morpholine rings is 1. The first-order valence-corrected chi connectivity index (χ1v) is 7.29. The van der Waals surface area contributed by atoms with Gasteiger partial charge in [0.15, 0.2) is 0 Å². The fourth-order valence-corrected chi connectivity index (χ4v) is 2.67. The van der Waals surface area contributed by atoms with Crippen molar-refractivity contribution >= 4 is 11.4 Å². The Morgan fingerprint density at radius 3 is 3.05 bits per heavy atom. The highest BCUT2D eigenvalue weighted by Gasteiger charge is 2.23. The molecule has 1 fully saturated rings. The lowest BCUT2D eigenvalue weighted by molar-refractivity contribution is -0.385. The van der Waals surface area contributed by atoms with E-state index in [4.69, 9.17) is 10.00 Å². The van der Waals surface area contributed by atoms with Gasteiger partial charge in [-0.05, 0) is 26.0 Å². The summed E-state index contributed by atoms with van der Waals surface area (Å²) in [5.74, 6) is 0. The zero-order valence-electron chi connectivity index (χ0n) is 12.8. The standard InChI is InChI=1S/C15H20N4O3/c1-11(18-5-6-22-10-12(18)2)9-17-14-3-4-15(19(20)21)13(7-14)8-16/h3-4,7,11-12,17H,5-6,9-10H2,1-2H3/t11-,12+/m0/s1. The summed E-state index contributed by atoms with van der Waals surface area (Å²) in [6.45, 7) is 7.34. The molecule has 1 heterocycles. The van der Waals surface area contributed by atoms with E-state index in [0.717, 1.165) is 25.4 Å². The molecule has 0 aromatic heterocycles. The number of nitrogens with one attached hydrogen (secondary N) is 1. The summed E-state index contributed by atoms with van der Waals surface area (Å²) in [7, 11) is 0. The maximum Gasteiger partial charge on any atom is 0.287 e. The zero-order chi connectivity index (χ0) is 16.1. The second kappa shape index (κ2) is 7.20. The third-order valence-electron chi connectivity index (χ3n) is 3.90. The van der Waals surface area contributed by atoms with Gasteiger partial charge in [0.25, 0.3) is 5.69 Å². The van der Waals surface area contributed by atoms with Crippen LogP contribution in [0, 0.1) is 21.4 Å². The van der Waals surface area contributed by atoms with Gasteiger partial charge < -0.3 is 10.1 Å². The predicted octanol–water partition coefficient (Wildman–Crippen LogP) is 1.99. The van der Waals surface area contributed by atoms with Gasteiger partial charge >= 0.3 is 0 Å². The van der Waals surface area contributed by atoms with Crippen LogP contribution in [0.4, 0.5) is 11.4 Å². The van der Waals surface area contributed by atoms with Crippen LogP contribution < -0.4 is 5.32 Å². The van der Waals surface area contributed by atoms with Gasteiger partial charge in [0.2, 0.25) is 0 Å². The summed E-state index contributed by atoms with van der Waals surface area (Å²) in [6, 6.07) is 7.06. The lowest BCUT2D eigenvalue weighted by Gasteiger charge is -2.38. The third kappa shape index (κ3) is 3.72. The SMILES string of the molecule is C[C@@H]1COCCN1[C@@H](C)CNc1ccc([N+](=O)[O-])c(C#N)c1. The molecule has 1 saturated heterocycles. The first-order valence-electron chi connectivity index (χ1n) is 7.29. The van der Waals surface area contributed by atoms with E-state index in [0.29, 0.717) is 18.6 Å². The van der Waals surface area contributed by atoms with E-state index in [1.54, 1.807) is 6.07 Å². The smallest absolute Gasteiger partial charge is 0.287 e. The Morgan fingerprint density at radius 2 is 2.41 bits per heavy atom. The number of hydrogen-bond acceptors (Lipinski definition) is 6. The largest absolute Gasteiger partial charge is 0.383 e. The summed E-state index contributed by atoms with van der Waals surface area (Å²) in [4.78, 5) is 12.6. The van der Waals surface area contributed by atoms with Crippen LogP contribution in [0.25, 0.3) is 0 Å². The lowest BCUT2D eigenvalue weighted by atomic mass is 10.1. The van der Waals surface area contributed by atoms with Crippen LogP contribution in [-0.4, -0.2) is 48.2 Å². The molecular weight excluding hydrogens is 284 g/mol. The van der Waals surface area contributed by atoms with Gasteiger partial charge in [0, 0.05) is 36.9 Å². The summed E-state index contributed by atoms with van der Waals surface area (Å²) in [6.07, 6.45) is 0. The average molecular weight is 304 g/mol. The van der Waals surface area contributed by atoms with Crippen molar-refractivity contribution in [1.29, 1.82) is 5.26 Å². The van der Waals surface area contributed by atoms with E-state index < -0.39 is 4.92 Å². The molecule has 0 unspecified atom stereocenters. The Labute approximate surface area is 129 Å². The molecule has 0 radical (unpaired) electrons. The molecule has 1 aliphatic rings. The van der Waals surface area contributed by atoms with Crippen molar-refractivity contribution in [1.82, 2.24) is 4.90 Å². The lowest BCUT2D eigenvalue weighted by Crippen LogP contribution is -2.50. The van der Waals surface area contributed by atoms with Crippen LogP contribution in [0.1, 0.15) is 19.4 Å². The Morgan fingerprint density at radius 1 is 1.64 bits per heavy atom. The predicted molar refractivity (Wildman–Crippen MR) is 82.8 cm³/mol. The molecule has 1 aromatic rings. The van der Waals surface area contributed by atoms with Crippen molar-refractivity contribution in [2.45, 2.75) is 25.9 Å². The molecule has 7 nitrogen and oxygen atoms in total. The van der Waals surface area contributed by atoms with Crippen LogP contribution in [0.3, 0.4) is 0 Å². The van der Waals surface area contributed by atoms with Crippen molar-refractivity contribution in [3.8, 4) is 6.07 Å². The Kier molecular flexibility index (Phi) is 5.31. The first kappa shape index (κ1) is 16.2. The van der Waals surface area contributed by atoms with Crippen molar-refractivity contribution in [2.75, 3.05) is 31.6 Å². The number of nitro benzene ring substituents is 1. The highest BCUT2D eigenvalue weighted by Crippen LogP contribution is 2.22. The van der Waals surface area contributed by atoms with E-state index in [-0.39, 0.29) is 11.3 Å². The van der Waals surface area contributed by atoms with Crippen LogP contribution >= 0.6 is 0 Å². The number of hydrogen-bond donors (Lipinski definition) is 1. The van der Waals surface area contributed by atoms with Gasteiger partial charge in [-0.25, -0.2) is 0 Å². The zero-order valence-corrected chi connectivity index (χ0v) is 12.8. The topological polar surface area (TPSA) is 91.4 Å². The van der Waals surface area contributed by atoms with Gasteiger partial charge in [-0.1, -0.05) is 0 Å². The Balaban J connectivity index is 1.99. The molecule has 2 rings (SSSR count). The van der Waals surface area contributed by atoms with Crippen LogP contribution in [-0.2, 0) is 4.74 Å². The fraction of sp³-hybridized carbons (Fsp3) is 0.533. The second-order valence-electron chi connectivity index (χ2n) is 5.49. The summed E-state index contributed by atoms with van der Waals surface area (Å²) < 4.78 is 5.43. The van der Waals surface area contributed by atoms with E-state index in [2.05, 4.69) is 24.1 Å². The summed E-state index contributed by atoms with van der Waals surface area (Å²) >= 11 is 0. The Bertz CT molecular complexity index is 585. The molecule has 2 atom stereocenters. The minimum Gasteiger partial charge on any atom is -0.383 e. The van der Waals surface area contributed by atoms with Crippen LogP contribution in [0.2, 0.25) is 0 Å². The van der Waals surface area contributed by atoms with Crippen molar-refractivity contribution in [2.24, 2.45) is 0 Å². The number of ether oxygens (including phenoxy) is 1. The maximum absolute atomic E-state index is 10.8. The molecule has 22 heavy (non-hydrogen) atoms. The Hall–Kier alpha value is -2.17. The highest BCUT2D eigenvalue weighted by molar-refractivity contribution is 5.58. The van der Waals surface area contributed by atoms with Crippen molar-refractivity contribution in [3.05, 3.63) is 33.9 Å².